The molecule has 12 rings (SSSR count). The number of benzene rings is 12. The summed E-state index contributed by atoms with van der Waals surface area (Å²) in [5.41, 5.74) is 16.4. The molecule has 0 heterocycles. The van der Waals surface area contributed by atoms with Gasteiger partial charge in [0.2, 0.25) is 0 Å². The predicted octanol–water partition coefficient (Wildman–Crippen LogP) is 20.7. The maximum atomic E-state index is 7.27. The molecule has 0 spiro atoms. The first-order chi connectivity index (χ1) is 38.2. The second-order valence-corrected chi connectivity index (χ2v) is 18.5. The molecule has 0 aliphatic rings. The molecule has 0 aliphatic heterocycles. The molecule has 5 nitrogen and oxygen atoms in total. The lowest BCUT2D eigenvalue weighted by Gasteiger charge is -2.31. The highest BCUT2D eigenvalue weighted by molar-refractivity contribution is 5.98. The minimum atomic E-state index is 0.691. The number of anilines is 12. The SMILES string of the molecule is c1ccc(N(c2ccccc2)c2ccccc2-c2cc(Oc3ccc(N(c4ccccc4)c4ccccc4)c(-c4ccccc4N(c4ccccc4)c4ccccc4)c3)ccc2N(c2ccccc2)c2ccccc2)cc1. The van der Waals surface area contributed by atoms with Gasteiger partial charge in [-0.1, -0.05) is 182 Å². The van der Waals surface area contributed by atoms with Crippen LogP contribution in [0, 0.1) is 0 Å². The second kappa shape index (κ2) is 22.4. The van der Waals surface area contributed by atoms with Gasteiger partial charge in [-0.05, 0) is 146 Å². The van der Waals surface area contributed by atoms with Crippen LogP contribution < -0.4 is 24.3 Å². The van der Waals surface area contributed by atoms with E-state index >= 15 is 0 Å². The summed E-state index contributed by atoms with van der Waals surface area (Å²) in [6.07, 6.45) is 0. The number of nitrogens with zero attached hydrogens (tertiary/aromatic N) is 4. The quantitative estimate of drug-likeness (QED) is 0.0959. The smallest absolute Gasteiger partial charge is 0.128 e. The van der Waals surface area contributed by atoms with Crippen LogP contribution in [-0.2, 0) is 0 Å². The lowest BCUT2D eigenvalue weighted by molar-refractivity contribution is 0.483. The van der Waals surface area contributed by atoms with E-state index in [9.17, 15) is 0 Å². The molecule has 0 radical (unpaired) electrons. The van der Waals surface area contributed by atoms with Gasteiger partial charge in [-0.15, -0.1) is 0 Å². The summed E-state index contributed by atoms with van der Waals surface area (Å²) in [5, 5.41) is 0. The van der Waals surface area contributed by atoms with Gasteiger partial charge in [0.25, 0.3) is 0 Å². The fraction of sp³-hybridized carbons (Fsp3) is 0. The van der Waals surface area contributed by atoms with Crippen LogP contribution in [0.25, 0.3) is 22.3 Å². The van der Waals surface area contributed by atoms with Gasteiger partial charge in [0.1, 0.15) is 11.5 Å². The van der Waals surface area contributed by atoms with Crippen molar-refractivity contribution in [3.05, 3.63) is 328 Å². The van der Waals surface area contributed by atoms with Crippen LogP contribution in [0.3, 0.4) is 0 Å². The van der Waals surface area contributed by atoms with Crippen molar-refractivity contribution in [2.75, 3.05) is 19.6 Å². The molecule has 5 heteroatoms. The number of para-hydroxylation sites is 10. The lowest BCUT2D eigenvalue weighted by Crippen LogP contribution is -2.14. The van der Waals surface area contributed by atoms with E-state index in [2.05, 4.69) is 347 Å². The van der Waals surface area contributed by atoms with Crippen LogP contribution in [0.5, 0.6) is 11.5 Å². The molecule has 0 N–H and O–H groups in total. The van der Waals surface area contributed by atoms with E-state index in [1.807, 2.05) is 0 Å². The standard InChI is InChI=1S/C72H54N4O/c1-9-29-55(30-10-1)73(56-31-11-2-12-32-56)69-47-27-25-45-65(69)67-53-63(49-51-71(67)75(59-37-17-5-18-38-59)60-39-19-6-20-40-60)77-64-50-52-72(76(61-41-21-7-22-42-61)62-43-23-8-24-44-62)68(54-64)66-46-26-28-48-70(66)74(57-33-13-3-14-34-57)58-35-15-4-16-36-58/h1-54H. The molecule has 0 bridgehead atoms. The molecule has 0 aliphatic carbocycles. The molecule has 12 aromatic rings. The van der Waals surface area contributed by atoms with E-state index in [-0.39, 0.29) is 0 Å². The van der Waals surface area contributed by atoms with E-state index in [1.165, 1.54) is 0 Å². The summed E-state index contributed by atoms with van der Waals surface area (Å²) in [7, 11) is 0. The van der Waals surface area contributed by atoms with Gasteiger partial charge in [0.05, 0.1) is 22.7 Å². The maximum absolute atomic E-state index is 7.27. The molecule has 77 heavy (non-hydrogen) atoms. The Kier molecular flexibility index (Phi) is 13.9. The van der Waals surface area contributed by atoms with Crippen molar-refractivity contribution in [2.45, 2.75) is 0 Å². The van der Waals surface area contributed by atoms with Crippen molar-refractivity contribution in [1.82, 2.24) is 0 Å². The summed E-state index contributed by atoms with van der Waals surface area (Å²) >= 11 is 0. The molecule has 0 amide bonds. The summed E-state index contributed by atoms with van der Waals surface area (Å²) < 4.78 is 7.27. The van der Waals surface area contributed by atoms with Crippen molar-refractivity contribution < 1.29 is 4.74 Å². The minimum absolute atomic E-state index is 0.691. The van der Waals surface area contributed by atoms with Gasteiger partial charge in [0, 0.05) is 67.8 Å². The zero-order valence-electron chi connectivity index (χ0n) is 42.4. The van der Waals surface area contributed by atoms with Gasteiger partial charge < -0.3 is 24.3 Å². The van der Waals surface area contributed by atoms with Crippen molar-refractivity contribution in [3.63, 3.8) is 0 Å². The van der Waals surface area contributed by atoms with Crippen molar-refractivity contribution in [2.24, 2.45) is 0 Å². The van der Waals surface area contributed by atoms with Gasteiger partial charge in [-0.25, -0.2) is 0 Å². The molecule has 0 saturated carbocycles. The Morgan fingerprint density at radius 3 is 0.597 bits per heavy atom. The predicted molar refractivity (Wildman–Crippen MR) is 323 cm³/mol. The van der Waals surface area contributed by atoms with Gasteiger partial charge in [-0.3, -0.25) is 0 Å². The molecule has 0 saturated heterocycles. The average molecular weight is 991 g/mol. The Bertz CT molecular complexity index is 3420. The Morgan fingerprint density at radius 1 is 0.169 bits per heavy atom. The largest absolute Gasteiger partial charge is 0.457 e. The van der Waals surface area contributed by atoms with Crippen LogP contribution in [0.4, 0.5) is 68.2 Å². The first kappa shape index (κ1) is 47.6. The Hall–Kier alpha value is -10.4. The van der Waals surface area contributed by atoms with Crippen LogP contribution in [0.15, 0.2) is 328 Å². The third-order valence-corrected chi connectivity index (χ3v) is 13.6. The van der Waals surface area contributed by atoms with Gasteiger partial charge in [0.15, 0.2) is 0 Å². The maximum Gasteiger partial charge on any atom is 0.128 e. The van der Waals surface area contributed by atoms with Crippen LogP contribution in [0.1, 0.15) is 0 Å². The highest BCUT2D eigenvalue weighted by Gasteiger charge is 2.26. The Morgan fingerprint density at radius 2 is 0.364 bits per heavy atom. The van der Waals surface area contributed by atoms with Crippen molar-refractivity contribution >= 4 is 68.2 Å². The lowest BCUT2D eigenvalue weighted by atomic mass is 9.97. The third-order valence-electron chi connectivity index (χ3n) is 13.6. The molecule has 0 atom stereocenters. The van der Waals surface area contributed by atoms with E-state index in [0.29, 0.717) is 11.5 Å². The normalized spacial score (nSPS) is 10.9. The Labute approximate surface area is 451 Å². The molecule has 0 fully saturated rings. The highest BCUT2D eigenvalue weighted by atomic mass is 16.5. The number of hydrogen-bond donors (Lipinski definition) is 0. The van der Waals surface area contributed by atoms with Crippen LogP contribution >= 0.6 is 0 Å². The van der Waals surface area contributed by atoms with Gasteiger partial charge in [-0.2, -0.15) is 0 Å². The van der Waals surface area contributed by atoms with Crippen molar-refractivity contribution in [1.29, 1.82) is 0 Å². The summed E-state index contributed by atoms with van der Waals surface area (Å²) in [6.45, 7) is 0. The van der Waals surface area contributed by atoms with E-state index < -0.39 is 0 Å². The summed E-state index contributed by atoms with van der Waals surface area (Å²) in [5.74, 6) is 1.38. The van der Waals surface area contributed by atoms with E-state index in [4.69, 9.17) is 4.74 Å². The zero-order chi connectivity index (χ0) is 51.6. The van der Waals surface area contributed by atoms with E-state index in [1.54, 1.807) is 0 Å². The molecule has 0 unspecified atom stereocenters. The fourth-order valence-electron chi connectivity index (χ4n) is 10.2. The van der Waals surface area contributed by atoms with Crippen molar-refractivity contribution in [3.8, 4) is 33.8 Å². The summed E-state index contributed by atoms with van der Waals surface area (Å²) in [6, 6.07) is 115. The molecule has 368 valence electrons. The minimum Gasteiger partial charge on any atom is -0.457 e. The molecule has 12 aromatic carbocycles. The third kappa shape index (κ3) is 10.2. The summed E-state index contributed by atoms with van der Waals surface area (Å²) in [4.78, 5) is 9.35. The first-order valence-electron chi connectivity index (χ1n) is 26.0. The zero-order valence-corrected chi connectivity index (χ0v) is 42.4. The monoisotopic (exact) mass is 990 g/mol. The Balaban J connectivity index is 1.07. The van der Waals surface area contributed by atoms with Crippen LogP contribution in [0.2, 0.25) is 0 Å². The molecule has 0 aromatic heterocycles. The molecular weight excluding hydrogens is 937 g/mol. The number of hydrogen-bond acceptors (Lipinski definition) is 5. The topological polar surface area (TPSA) is 22.2 Å². The number of ether oxygens (including phenoxy) is 1. The van der Waals surface area contributed by atoms with Gasteiger partial charge >= 0.3 is 0 Å². The highest BCUT2D eigenvalue weighted by Crippen LogP contribution is 2.51. The fourth-order valence-corrected chi connectivity index (χ4v) is 10.2. The average Bonchev–Trinajstić information content (AvgIpc) is 3.53. The van der Waals surface area contributed by atoms with Crippen LogP contribution in [-0.4, -0.2) is 0 Å². The molecular formula is C72H54N4O. The number of rotatable bonds is 16. The first-order valence-corrected chi connectivity index (χ1v) is 26.0. The van der Waals surface area contributed by atoms with E-state index in [0.717, 1.165) is 90.5 Å². The second-order valence-electron chi connectivity index (χ2n) is 18.5.